The molecule has 3 N–H and O–H groups in total. The number of carbonyl (C=O) groups is 1. The lowest BCUT2D eigenvalue weighted by atomic mass is 9.85. The van der Waals surface area contributed by atoms with Crippen molar-refractivity contribution in [2.45, 2.75) is 15.9 Å². The molecular formula is C20H17F2N3O4S. The fourth-order valence-corrected chi connectivity index (χ4v) is 5.44. The SMILES string of the molecule is NC12C=CC=CC1CN(c1cc3c(cc1F)c(=O)c(OC(=O)O)c1n3C(CF)S1)C2. The molecule has 2 aliphatic heterocycles. The predicted molar refractivity (Wildman–Crippen MR) is 109 cm³/mol. The summed E-state index contributed by atoms with van der Waals surface area (Å²) in [6, 6.07) is 2.57. The maximum atomic E-state index is 15.1. The number of nitrogens with two attached hydrogens (primary N) is 1. The number of anilines is 1. The Balaban J connectivity index is 1.67. The molecule has 0 saturated carbocycles. The standard InChI is InChI=1S/C20H17F2N3O4S/c21-7-15-25-13-6-14(24-8-10-3-1-2-4-20(10,23)9-24)12(22)5-11(13)16(26)17(18(25)30-15)29-19(27)28/h1-6,10,15H,7-9,23H2,(H,27,28). The first-order chi connectivity index (χ1) is 14.3. The maximum Gasteiger partial charge on any atom is 0.511 e. The highest BCUT2D eigenvalue weighted by molar-refractivity contribution is 8.00. The summed E-state index contributed by atoms with van der Waals surface area (Å²) in [5.41, 5.74) is 5.70. The van der Waals surface area contributed by atoms with E-state index in [9.17, 15) is 14.0 Å². The molecule has 0 radical (unpaired) electrons. The van der Waals surface area contributed by atoms with Crippen molar-refractivity contribution in [3.8, 4) is 5.75 Å². The Labute approximate surface area is 173 Å². The van der Waals surface area contributed by atoms with Gasteiger partial charge in [0.1, 0.15) is 22.9 Å². The number of nitrogens with zero attached hydrogens (tertiary/aromatic N) is 2. The van der Waals surface area contributed by atoms with Crippen molar-refractivity contribution in [3.05, 3.63) is 52.5 Å². The summed E-state index contributed by atoms with van der Waals surface area (Å²) < 4.78 is 34.7. The first-order valence-corrected chi connectivity index (χ1v) is 10.2. The Bertz CT molecular complexity index is 1210. The van der Waals surface area contributed by atoms with Crippen molar-refractivity contribution in [2.75, 3.05) is 24.7 Å². The monoisotopic (exact) mass is 433 g/mol. The second-order valence-corrected chi connectivity index (χ2v) is 8.76. The first-order valence-electron chi connectivity index (χ1n) is 9.27. The topological polar surface area (TPSA) is 97.8 Å². The first kappa shape index (κ1) is 19.1. The second-order valence-electron chi connectivity index (χ2n) is 7.59. The number of alkyl halides is 1. The van der Waals surface area contributed by atoms with Crippen LogP contribution < -0.4 is 20.8 Å². The Morgan fingerprint density at radius 1 is 1.40 bits per heavy atom. The van der Waals surface area contributed by atoms with Crippen LogP contribution in [-0.4, -0.2) is 41.1 Å². The van der Waals surface area contributed by atoms with Gasteiger partial charge in [0.05, 0.1) is 22.1 Å². The highest BCUT2D eigenvalue weighted by Crippen LogP contribution is 2.50. The normalized spacial score (nSPS) is 26.4. The molecule has 1 aliphatic carbocycles. The van der Waals surface area contributed by atoms with Gasteiger partial charge in [-0.1, -0.05) is 36.1 Å². The van der Waals surface area contributed by atoms with E-state index in [0.717, 1.165) is 17.8 Å². The van der Waals surface area contributed by atoms with E-state index in [1.807, 2.05) is 29.2 Å². The van der Waals surface area contributed by atoms with Crippen LogP contribution in [0.15, 0.2) is 46.3 Å². The number of aromatic nitrogens is 1. The van der Waals surface area contributed by atoms with E-state index in [4.69, 9.17) is 10.8 Å². The zero-order chi connectivity index (χ0) is 21.2. The average molecular weight is 433 g/mol. The zero-order valence-corrected chi connectivity index (χ0v) is 16.4. The number of carboxylic acid groups (broad SMARTS) is 1. The van der Waals surface area contributed by atoms with Crippen LogP contribution in [0.2, 0.25) is 0 Å². The molecular weight excluding hydrogens is 416 g/mol. The van der Waals surface area contributed by atoms with E-state index in [1.54, 1.807) is 0 Å². The van der Waals surface area contributed by atoms with Crippen LogP contribution in [0.25, 0.3) is 10.9 Å². The summed E-state index contributed by atoms with van der Waals surface area (Å²) in [4.78, 5) is 25.6. The molecule has 1 saturated heterocycles. The van der Waals surface area contributed by atoms with E-state index in [2.05, 4.69) is 4.74 Å². The highest BCUT2D eigenvalue weighted by Gasteiger charge is 2.42. The number of allylic oxidation sites excluding steroid dienone is 2. The minimum Gasteiger partial charge on any atom is -0.449 e. The number of hydrogen-bond donors (Lipinski definition) is 2. The van der Waals surface area contributed by atoms with Crippen molar-refractivity contribution < 1.29 is 23.4 Å². The molecule has 0 spiro atoms. The Hall–Kier alpha value is -2.85. The molecule has 5 rings (SSSR count). The van der Waals surface area contributed by atoms with Gasteiger partial charge in [0.2, 0.25) is 11.2 Å². The molecule has 3 unspecified atom stereocenters. The number of halogens is 2. The molecule has 30 heavy (non-hydrogen) atoms. The number of rotatable bonds is 3. The van der Waals surface area contributed by atoms with E-state index in [-0.39, 0.29) is 22.0 Å². The quantitative estimate of drug-likeness (QED) is 0.718. The highest BCUT2D eigenvalue weighted by atomic mass is 32.2. The third-order valence-corrected chi connectivity index (χ3v) is 7.03. The molecule has 1 aromatic carbocycles. The lowest BCUT2D eigenvalue weighted by molar-refractivity contribution is 0.142. The van der Waals surface area contributed by atoms with Crippen LogP contribution in [0.3, 0.4) is 0 Å². The van der Waals surface area contributed by atoms with Crippen LogP contribution in [0.4, 0.5) is 19.3 Å². The Kier molecular flexibility index (Phi) is 4.19. The molecule has 3 aliphatic rings. The van der Waals surface area contributed by atoms with Gasteiger partial charge in [-0.2, -0.15) is 0 Å². The van der Waals surface area contributed by atoms with Crippen molar-refractivity contribution in [3.63, 3.8) is 0 Å². The largest absolute Gasteiger partial charge is 0.511 e. The van der Waals surface area contributed by atoms with Crippen LogP contribution in [-0.2, 0) is 0 Å². The fourth-order valence-electron chi connectivity index (χ4n) is 4.37. The number of thioether (sulfide) groups is 1. The van der Waals surface area contributed by atoms with Gasteiger partial charge in [0, 0.05) is 19.0 Å². The number of pyridine rings is 1. The molecule has 2 aromatic rings. The van der Waals surface area contributed by atoms with Crippen molar-refractivity contribution in [1.82, 2.24) is 4.57 Å². The predicted octanol–water partition coefficient (Wildman–Crippen LogP) is 3.03. The third kappa shape index (κ3) is 2.67. The fraction of sp³-hybridized carbons (Fsp3) is 0.300. The molecule has 0 amide bonds. The van der Waals surface area contributed by atoms with Crippen molar-refractivity contribution in [1.29, 1.82) is 0 Å². The average Bonchev–Trinajstić information content (AvgIpc) is 3.03. The molecule has 156 valence electrons. The second kappa shape index (κ2) is 6.58. The van der Waals surface area contributed by atoms with Gasteiger partial charge < -0.3 is 25.0 Å². The smallest absolute Gasteiger partial charge is 0.449 e. The Morgan fingerprint density at radius 2 is 2.20 bits per heavy atom. The number of ether oxygens (including phenoxy) is 1. The maximum absolute atomic E-state index is 15.1. The summed E-state index contributed by atoms with van der Waals surface area (Å²) in [6.07, 6.45) is 6.00. The van der Waals surface area contributed by atoms with Crippen molar-refractivity contribution in [2.24, 2.45) is 11.7 Å². The van der Waals surface area contributed by atoms with Gasteiger partial charge in [0.25, 0.3) is 0 Å². The molecule has 3 atom stereocenters. The molecule has 1 fully saturated rings. The summed E-state index contributed by atoms with van der Waals surface area (Å²) in [7, 11) is 0. The van der Waals surface area contributed by atoms with E-state index in [0.29, 0.717) is 18.6 Å². The van der Waals surface area contributed by atoms with E-state index >= 15 is 4.39 Å². The van der Waals surface area contributed by atoms with E-state index in [1.165, 1.54) is 10.6 Å². The van der Waals surface area contributed by atoms with E-state index < -0.39 is 40.7 Å². The van der Waals surface area contributed by atoms with Gasteiger partial charge in [-0.15, -0.1) is 0 Å². The lowest BCUT2D eigenvalue weighted by Crippen LogP contribution is -2.46. The summed E-state index contributed by atoms with van der Waals surface area (Å²) >= 11 is 1.01. The number of benzene rings is 1. The number of fused-ring (bicyclic) bond motifs is 4. The molecule has 3 heterocycles. The minimum atomic E-state index is -1.66. The summed E-state index contributed by atoms with van der Waals surface area (Å²) in [5, 5.41) is 8.44. The molecule has 1 aromatic heterocycles. The van der Waals surface area contributed by atoms with Crippen LogP contribution >= 0.6 is 11.8 Å². The summed E-state index contributed by atoms with van der Waals surface area (Å²) in [5.74, 6) is -1.05. The van der Waals surface area contributed by atoms with Gasteiger partial charge in [0.15, 0.2) is 0 Å². The molecule has 7 nitrogen and oxygen atoms in total. The van der Waals surface area contributed by atoms with Crippen LogP contribution in [0.5, 0.6) is 5.75 Å². The lowest BCUT2D eigenvalue weighted by Gasteiger charge is -2.33. The molecule has 0 bridgehead atoms. The van der Waals surface area contributed by atoms with Gasteiger partial charge in [-0.3, -0.25) is 4.79 Å². The number of hydrogen-bond acceptors (Lipinski definition) is 6. The van der Waals surface area contributed by atoms with Gasteiger partial charge >= 0.3 is 6.16 Å². The van der Waals surface area contributed by atoms with Crippen LogP contribution in [0, 0.1) is 11.7 Å². The summed E-state index contributed by atoms with van der Waals surface area (Å²) in [6.45, 7) is 0.153. The van der Waals surface area contributed by atoms with Crippen LogP contribution in [0.1, 0.15) is 5.37 Å². The Morgan fingerprint density at radius 3 is 2.90 bits per heavy atom. The third-order valence-electron chi connectivity index (χ3n) is 5.82. The molecule has 10 heteroatoms. The van der Waals surface area contributed by atoms with Gasteiger partial charge in [-0.05, 0) is 12.1 Å². The minimum absolute atomic E-state index is 0.0174. The van der Waals surface area contributed by atoms with Gasteiger partial charge in [-0.25, -0.2) is 13.6 Å². The van der Waals surface area contributed by atoms with Crippen molar-refractivity contribution >= 4 is 34.5 Å². The zero-order valence-electron chi connectivity index (χ0n) is 15.5.